The van der Waals surface area contributed by atoms with Crippen LogP contribution < -0.4 is 5.32 Å². The van der Waals surface area contributed by atoms with Gasteiger partial charge in [0.15, 0.2) is 0 Å². The first-order chi connectivity index (χ1) is 8.72. The van der Waals surface area contributed by atoms with Gasteiger partial charge in [-0.05, 0) is 29.3 Å². The second-order valence-electron chi connectivity index (χ2n) is 4.16. The molecule has 18 heavy (non-hydrogen) atoms. The Bertz CT molecular complexity index is 564. The Balaban J connectivity index is 2.00. The van der Waals surface area contributed by atoms with E-state index < -0.39 is 0 Å². The summed E-state index contributed by atoms with van der Waals surface area (Å²) in [4.78, 5) is 0. The summed E-state index contributed by atoms with van der Waals surface area (Å²) in [5.41, 5.74) is 3.62. The maximum absolute atomic E-state index is 8.94. The number of aryl methyl sites for hydroxylation is 1. The van der Waals surface area contributed by atoms with Crippen LogP contribution in [0.3, 0.4) is 0 Å². The quantitative estimate of drug-likeness (QED) is 0.860. The molecule has 0 radical (unpaired) electrons. The van der Waals surface area contributed by atoms with Crippen molar-refractivity contribution in [3.63, 3.8) is 0 Å². The third-order valence-electron chi connectivity index (χ3n) is 2.81. The molecule has 1 aromatic carbocycles. The fourth-order valence-electron chi connectivity index (χ4n) is 1.77. The maximum Gasteiger partial charge on any atom is 0.120 e. The van der Waals surface area contributed by atoms with E-state index in [2.05, 4.69) is 11.4 Å². The number of aliphatic hydroxyl groups is 1. The van der Waals surface area contributed by atoms with Gasteiger partial charge in [0.25, 0.3) is 0 Å². The Morgan fingerprint density at radius 1 is 1.28 bits per heavy atom. The van der Waals surface area contributed by atoms with Crippen LogP contribution in [0.2, 0.25) is 0 Å². The summed E-state index contributed by atoms with van der Waals surface area (Å²) < 4.78 is 1.81. The largest absolute Gasteiger partial charge is 0.392 e. The number of nitrogens with one attached hydrogen (secondary N) is 1. The van der Waals surface area contributed by atoms with Crippen molar-refractivity contribution in [1.29, 1.82) is 5.26 Å². The van der Waals surface area contributed by atoms with Crippen LogP contribution in [0.5, 0.6) is 0 Å². The average Bonchev–Trinajstić information content (AvgIpc) is 2.77. The minimum Gasteiger partial charge on any atom is -0.392 e. The molecule has 4 nitrogen and oxygen atoms in total. The zero-order valence-electron chi connectivity index (χ0n) is 10.2. The molecule has 4 heteroatoms. The van der Waals surface area contributed by atoms with Crippen molar-refractivity contribution in [2.75, 3.05) is 5.32 Å². The van der Waals surface area contributed by atoms with E-state index in [4.69, 9.17) is 10.4 Å². The van der Waals surface area contributed by atoms with Crippen molar-refractivity contribution < 1.29 is 5.11 Å². The zero-order chi connectivity index (χ0) is 13.0. The minimum atomic E-state index is 0.0600. The number of benzene rings is 1. The van der Waals surface area contributed by atoms with Crippen LogP contribution in [0.15, 0.2) is 36.5 Å². The second-order valence-corrected chi connectivity index (χ2v) is 4.16. The van der Waals surface area contributed by atoms with Gasteiger partial charge in [0.2, 0.25) is 0 Å². The fourth-order valence-corrected chi connectivity index (χ4v) is 1.77. The number of nitrogens with zero attached hydrogens (tertiary/aromatic N) is 2. The molecular weight excluding hydrogens is 226 g/mol. The van der Waals surface area contributed by atoms with E-state index in [9.17, 15) is 0 Å². The van der Waals surface area contributed by atoms with Crippen LogP contribution in [0.4, 0.5) is 5.69 Å². The highest BCUT2D eigenvalue weighted by Gasteiger charge is 2.01. The molecule has 0 aliphatic rings. The molecular formula is C14H15N3O. The van der Waals surface area contributed by atoms with Crippen molar-refractivity contribution in [2.45, 2.75) is 13.2 Å². The molecule has 0 atom stereocenters. The molecule has 2 rings (SSSR count). The van der Waals surface area contributed by atoms with Crippen LogP contribution in [0.25, 0.3) is 0 Å². The minimum absolute atomic E-state index is 0.0600. The lowest BCUT2D eigenvalue weighted by molar-refractivity contribution is 0.282. The highest BCUT2D eigenvalue weighted by atomic mass is 16.3. The summed E-state index contributed by atoms with van der Waals surface area (Å²) in [5, 5.41) is 21.1. The van der Waals surface area contributed by atoms with Crippen LogP contribution in [0.1, 0.15) is 16.8 Å². The van der Waals surface area contributed by atoms with E-state index in [1.165, 1.54) is 0 Å². The first-order valence-corrected chi connectivity index (χ1v) is 5.72. The molecule has 0 saturated heterocycles. The van der Waals surface area contributed by atoms with Gasteiger partial charge in [-0.3, -0.25) is 0 Å². The van der Waals surface area contributed by atoms with Gasteiger partial charge >= 0.3 is 0 Å². The van der Waals surface area contributed by atoms with Gasteiger partial charge in [-0.1, -0.05) is 12.1 Å². The third kappa shape index (κ3) is 2.70. The molecule has 0 aliphatic carbocycles. The molecule has 0 amide bonds. The molecule has 2 N–H and O–H groups in total. The monoisotopic (exact) mass is 241 g/mol. The number of aromatic nitrogens is 1. The standard InChI is InChI=1S/C14H15N3O/c1-17-9-12(6-14(17)7-15)8-16-13-4-2-11(10-18)3-5-13/h2-6,9,16,18H,8,10H2,1H3. The summed E-state index contributed by atoms with van der Waals surface area (Å²) in [5.74, 6) is 0. The first-order valence-electron chi connectivity index (χ1n) is 5.72. The van der Waals surface area contributed by atoms with Crippen LogP contribution in [-0.4, -0.2) is 9.67 Å². The Morgan fingerprint density at radius 2 is 2.00 bits per heavy atom. The van der Waals surface area contributed by atoms with Crippen molar-refractivity contribution in [3.8, 4) is 6.07 Å². The van der Waals surface area contributed by atoms with E-state index in [-0.39, 0.29) is 6.61 Å². The highest BCUT2D eigenvalue weighted by Crippen LogP contribution is 2.12. The smallest absolute Gasteiger partial charge is 0.120 e. The Hall–Kier alpha value is -2.25. The second kappa shape index (κ2) is 5.39. The lowest BCUT2D eigenvalue weighted by Crippen LogP contribution is -1.98. The maximum atomic E-state index is 8.94. The SMILES string of the molecule is Cn1cc(CNc2ccc(CO)cc2)cc1C#N. The van der Waals surface area contributed by atoms with Crippen molar-refractivity contribution in [1.82, 2.24) is 4.57 Å². The number of aliphatic hydroxyl groups excluding tert-OH is 1. The molecule has 0 fully saturated rings. The highest BCUT2D eigenvalue weighted by molar-refractivity contribution is 5.45. The summed E-state index contributed by atoms with van der Waals surface area (Å²) in [7, 11) is 1.86. The fraction of sp³-hybridized carbons (Fsp3) is 0.214. The lowest BCUT2D eigenvalue weighted by atomic mass is 10.2. The molecule has 2 aromatic rings. The Kier molecular flexibility index (Phi) is 3.66. The number of rotatable bonds is 4. The predicted octanol–water partition coefficient (Wildman–Crippen LogP) is 2.00. The molecule has 0 spiro atoms. The number of hydrogen-bond acceptors (Lipinski definition) is 3. The van der Waals surface area contributed by atoms with Crippen molar-refractivity contribution >= 4 is 5.69 Å². The lowest BCUT2D eigenvalue weighted by Gasteiger charge is -2.05. The molecule has 0 unspecified atom stereocenters. The molecule has 92 valence electrons. The number of hydrogen-bond donors (Lipinski definition) is 2. The molecule has 1 aromatic heterocycles. The number of anilines is 1. The summed E-state index contributed by atoms with van der Waals surface area (Å²) in [6.07, 6.45) is 1.94. The van der Waals surface area contributed by atoms with E-state index in [1.807, 2.05) is 48.1 Å². The normalized spacial score (nSPS) is 10.1. The molecule has 0 bridgehead atoms. The zero-order valence-corrected chi connectivity index (χ0v) is 10.2. The Labute approximate surface area is 106 Å². The first kappa shape index (κ1) is 12.2. The van der Waals surface area contributed by atoms with Crippen molar-refractivity contribution in [3.05, 3.63) is 53.3 Å². The topological polar surface area (TPSA) is 61.0 Å². The van der Waals surface area contributed by atoms with Crippen LogP contribution >= 0.6 is 0 Å². The van der Waals surface area contributed by atoms with E-state index in [1.54, 1.807) is 0 Å². The van der Waals surface area contributed by atoms with Crippen LogP contribution in [-0.2, 0) is 20.2 Å². The molecule has 0 aliphatic heterocycles. The van der Waals surface area contributed by atoms with E-state index in [0.29, 0.717) is 12.2 Å². The van der Waals surface area contributed by atoms with Gasteiger partial charge < -0.3 is 15.0 Å². The van der Waals surface area contributed by atoms with Gasteiger partial charge in [0, 0.05) is 25.5 Å². The van der Waals surface area contributed by atoms with Gasteiger partial charge in [-0.15, -0.1) is 0 Å². The van der Waals surface area contributed by atoms with E-state index >= 15 is 0 Å². The average molecular weight is 241 g/mol. The van der Waals surface area contributed by atoms with Gasteiger partial charge in [0.05, 0.1) is 6.61 Å². The van der Waals surface area contributed by atoms with Crippen LogP contribution in [0, 0.1) is 11.3 Å². The summed E-state index contributed by atoms with van der Waals surface area (Å²) in [6.45, 7) is 0.735. The summed E-state index contributed by atoms with van der Waals surface area (Å²) in [6, 6.07) is 11.6. The summed E-state index contributed by atoms with van der Waals surface area (Å²) >= 11 is 0. The molecule has 0 saturated carbocycles. The Morgan fingerprint density at radius 3 is 2.56 bits per heavy atom. The van der Waals surface area contributed by atoms with Gasteiger partial charge in [0.1, 0.15) is 11.8 Å². The van der Waals surface area contributed by atoms with Gasteiger partial charge in [-0.25, -0.2) is 0 Å². The van der Waals surface area contributed by atoms with Gasteiger partial charge in [-0.2, -0.15) is 5.26 Å². The van der Waals surface area contributed by atoms with Crippen molar-refractivity contribution in [2.24, 2.45) is 7.05 Å². The van der Waals surface area contributed by atoms with E-state index in [0.717, 1.165) is 16.8 Å². The molecule has 1 heterocycles. The predicted molar refractivity (Wildman–Crippen MR) is 69.8 cm³/mol. The third-order valence-corrected chi connectivity index (χ3v) is 2.81. The number of nitriles is 1.